The molecule has 4 aromatic carbocycles. The van der Waals surface area contributed by atoms with Gasteiger partial charge in [0.1, 0.15) is 5.75 Å². The summed E-state index contributed by atoms with van der Waals surface area (Å²) in [5.41, 5.74) is 7.21. The molecule has 0 fully saturated rings. The van der Waals surface area contributed by atoms with Crippen LogP contribution in [0.3, 0.4) is 0 Å². The van der Waals surface area contributed by atoms with Crippen molar-refractivity contribution in [1.82, 2.24) is 4.57 Å². The van der Waals surface area contributed by atoms with E-state index in [1.54, 1.807) is 53.1 Å². The van der Waals surface area contributed by atoms with Gasteiger partial charge in [-0.1, -0.05) is 48.0 Å². The molecule has 0 aliphatic rings. The number of amides is 1. The summed E-state index contributed by atoms with van der Waals surface area (Å²) in [7, 11) is 0. The predicted molar refractivity (Wildman–Crippen MR) is 142 cm³/mol. The van der Waals surface area contributed by atoms with E-state index in [9.17, 15) is 27.9 Å². The van der Waals surface area contributed by atoms with Gasteiger partial charge in [-0.15, -0.1) is 0 Å². The Labute approximate surface area is 225 Å². The molecule has 0 bridgehead atoms. The number of hydrogen-bond donors (Lipinski definition) is 2. The standard InChI is InChI=1S/C29H20ClF3N2O4/c30-19-10-8-16(9-11-19)18-12-23-27(24(13-18)39-15-25(36)37)26-20(28(34)38)5-3-7-22(26)35(23)14-17-4-1-2-6-21(17)29(31,32)33/h1-13H,14-15H2,(H2,34,38)(H,36,37). The molecule has 0 saturated heterocycles. The van der Waals surface area contributed by atoms with E-state index in [0.717, 1.165) is 6.07 Å². The molecule has 0 unspecified atom stereocenters. The molecule has 0 aliphatic carbocycles. The lowest BCUT2D eigenvalue weighted by Gasteiger charge is -2.15. The largest absolute Gasteiger partial charge is 0.481 e. The molecule has 6 nitrogen and oxygen atoms in total. The van der Waals surface area contributed by atoms with E-state index in [-0.39, 0.29) is 23.4 Å². The van der Waals surface area contributed by atoms with E-state index in [0.29, 0.717) is 38.0 Å². The lowest BCUT2D eigenvalue weighted by atomic mass is 10.0. The van der Waals surface area contributed by atoms with E-state index in [4.69, 9.17) is 22.1 Å². The van der Waals surface area contributed by atoms with E-state index < -0.39 is 30.2 Å². The lowest BCUT2D eigenvalue weighted by molar-refractivity contribution is -0.139. The number of rotatable bonds is 7. The third-order valence-corrected chi connectivity index (χ3v) is 6.65. The number of carbonyl (C=O) groups excluding carboxylic acids is 1. The first kappa shape index (κ1) is 26.1. The van der Waals surface area contributed by atoms with Crippen molar-refractivity contribution < 1.29 is 32.6 Å². The Morgan fingerprint density at radius 3 is 2.28 bits per heavy atom. The van der Waals surface area contributed by atoms with Gasteiger partial charge in [0, 0.05) is 22.5 Å². The molecule has 0 spiro atoms. The molecule has 0 atom stereocenters. The highest BCUT2D eigenvalue weighted by atomic mass is 35.5. The summed E-state index contributed by atoms with van der Waals surface area (Å²) in [5.74, 6) is -1.83. The maximum absolute atomic E-state index is 13.9. The minimum Gasteiger partial charge on any atom is -0.481 e. The zero-order valence-electron chi connectivity index (χ0n) is 20.1. The summed E-state index contributed by atoms with van der Waals surface area (Å²) in [6, 6.07) is 20.3. The Hall–Kier alpha value is -4.50. The molecule has 198 valence electrons. The van der Waals surface area contributed by atoms with Crippen molar-refractivity contribution in [3.63, 3.8) is 0 Å². The molecule has 1 aromatic heterocycles. The number of carbonyl (C=O) groups is 2. The number of carboxylic acids is 1. The third-order valence-electron chi connectivity index (χ3n) is 6.40. The summed E-state index contributed by atoms with van der Waals surface area (Å²) < 4.78 is 49.0. The molecule has 10 heteroatoms. The highest BCUT2D eigenvalue weighted by Crippen LogP contribution is 2.42. The van der Waals surface area contributed by atoms with Crippen LogP contribution >= 0.6 is 11.6 Å². The molecule has 5 rings (SSSR count). The Morgan fingerprint density at radius 1 is 0.897 bits per heavy atom. The van der Waals surface area contributed by atoms with Crippen LogP contribution in [0, 0.1) is 0 Å². The van der Waals surface area contributed by atoms with Crippen molar-refractivity contribution in [3.8, 4) is 16.9 Å². The number of alkyl halides is 3. The molecular weight excluding hydrogens is 533 g/mol. The van der Waals surface area contributed by atoms with Gasteiger partial charge in [0.05, 0.1) is 22.0 Å². The van der Waals surface area contributed by atoms with Gasteiger partial charge < -0.3 is 20.1 Å². The van der Waals surface area contributed by atoms with Crippen molar-refractivity contribution in [2.24, 2.45) is 5.73 Å². The normalized spacial score (nSPS) is 11.7. The van der Waals surface area contributed by atoms with Crippen molar-refractivity contribution in [2.75, 3.05) is 6.61 Å². The summed E-state index contributed by atoms with van der Waals surface area (Å²) in [5, 5.41) is 10.5. The van der Waals surface area contributed by atoms with Gasteiger partial charge in [0.25, 0.3) is 0 Å². The minimum absolute atomic E-state index is 0.0122. The van der Waals surface area contributed by atoms with Crippen molar-refractivity contribution >= 4 is 45.3 Å². The average Bonchev–Trinajstić information content (AvgIpc) is 3.21. The number of aliphatic carboxylic acids is 1. The maximum Gasteiger partial charge on any atom is 0.416 e. The molecule has 39 heavy (non-hydrogen) atoms. The van der Waals surface area contributed by atoms with Crippen LogP contribution in [0.5, 0.6) is 5.75 Å². The molecule has 5 aromatic rings. The second-order valence-electron chi connectivity index (χ2n) is 8.86. The Balaban J connectivity index is 1.87. The monoisotopic (exact) mass is 552 g/mol. The summed E-state index contributed by atoms with van der Waals surface area (Å²) in [4.78, 5) is 23.8. The first-order chi connectivity index (χ1) is 18.5. The van der Waals surface area contributed by atoms with Crippen LogP contribution in [-0.2, 0) is 17.5 Å². The Kier molecular flexibility index (Phi) is 6.69. The van der Waals surface area contributed by atoms with E-state index in [1.807, 2.05) is 0 Å². The van der Waals surface area contributed by atoms with E-state index >= 15 is 0 Å². The first-order valence-corrected chi connectivity index (χ1v) is 12.1. The van der Waals surface area contributed by atoms with E-state index in [2.05, 4.69) is 0 Å². The Bertz CT molecular complexity index is 1740. The van der Waals surface area contributed by atoms with Gasteiger partial charge in [-0.2, -0.15) is 13.2 Å². The van der Waals surface area contributed by atoms with Crippen LogP contribution in [0.1, 0.15) is 21.5 Å². The number of hydrogen-bond acceptors (Lipinski definition) is 3. The molecule has 0 radical (unpaired) electrons. The number of benzene rings is 4. The second kappa shape index (κ2) is 9.99. The van der Waals surface area contributed by atoms with Crippen LogP contribution in [0.2, 0.25) is 5.02 Å². The fourth-order valence-corrected chi connectivity index (χ4v) is 4.89. The fourth-order valence-electron chi connectivity index (χ4n) is 4.77. The van der Waals surface area contributed by atoms with Crippen molar-refractivity contribution in [3.05, 3.63) is 101 Å². The van der Waals surface area contributed by atoms with Gasteiger partial charge in [-0.3, -0.25) is 4.79 Å². The van der Waals surface area contributed by atoms with Gasteiger partial charge >= 0.3 is 12.1 Å². The number of fused-ring (bicyclic) bond motifs is 3. The van der Waals surface area contributed by atoms with Gasteiger partial charge in [-0.25, -0.2) is 4.79 Å². The smallest absolute Gasteiger partial charge is 0.416 e. The number of carboxylic acid groups (broad SMARTS) is 1. The second-order valence-corrected chi connectivity index (χ2v) is 9.30. The van der Waals surface area contributed by atoms with Gasteiger partial charge in [-0.05, 0) is 59.2 Å². The SMILES string of the molecule is NC(=O)c1cccc2c1c1c(OCC(=O)O)cc(-c3ccc(Cl)cc3)cc1n2Cc1ccccc1C(F)(F)F. The zero-order chi connectivity index (χ0) is 27.9. The maximum atomic E-state index is 13.9. The molecule has 1 amide bonds. The predicted octanol–water partition coefficient (Wildman–Crippen LogP) is 6.74. The van der Waals surface area contributed by atoms with Gasteiger partial charge in [0.15, 0.2) is 6.61 Å². The number of nitrogens with zero attached hydrogens (tertiary/aromatic N) is 1. The van der Waals surface area contributed by atoms with E-state index in [1.165, 1.54) is 24.3 Å². The first-order valence-electron chi connectivity index (χ1n) is 11.7. The summed E-state index contributed by atoms with van der Waals surface area (Å²) in [6.07, 6.45) is -4.59. The van der Waals surface area contributed by atoms with Crippen LogP contribution in [0.4, 0.5) is 13.2 Å². The van der Waals surface area contributed by atoms with Crippen molar-refractivity contribution in [1.29, 1.82) is 0 Å². The number of aromatic nitrogens is 1. The molecule has 1 heterocycles. The van der Waals surface area contributed by atoms with Gasteiger partial charge in [0.2, 0.25) is 5.91 Å². The zero-order valence-corrected chi connectivity index (χ0v) is 20.9. The minimum atomic E-state index is -4.59. The highest BCUT2D eigenvalue weighted by Gasteiger charge is 2.33. The third kappa shape index (κ3) is 5.00. The molecule has 3 N–H and O–H groups in total. The highest BCUT2D eigenvalue weighted by molar-refractivity contribution is 6.30. The molecular formula is C29H20ClF3N2O4. The quantitative estimate of drug-likeness (QED) is 0.234. The molecule has 0 saturated carbocycles. The van der Waals surface area contributed by atoms with Crippen LogP contribution in [-0.4, -0.2) is 28.2 Å². The van der Waals surface area contributed by atoms with Crippen LogP contribution in [0.25, 0.3) is 32.9 Å². The van der Waals surface area contributed by atoms with Crippen LogP contribution in [0.15, 0.2) is 78.9 Å². The number of primary amides is 1. The Morgan fingerprint density at radius 2 is 1.62 bits per heavy atom. The lowest BCUT2D eigenvalue weighted by Crippen LogP contribution is -2.12. The van der Waals surface area contributed by atoms with Crippen LogP contribution < -0.4 is 10.5 Å². The topological polar surface area (TPSA) is 94.6 Å². The number of nitrogens with two attached hydrogens (primary N) is 1. The summed E-state index contributed by atoms with van der Waals surface area (Å²) >= 11 is 6.05. The summed E-state index contributed by atoms with van der Waals surface area (Å²) in [6.45, 7) is -0.873. The number of halogens is 4. The average molecular weight is 553 g/mol. The number of ether oxygens (including phenoxy) is 1. The van der Waals surface area contributed by atoms with Crippen molar-refractivity contribution in [2.45, 2.75) is 12.7 Å². The fraction of sp³-hybridized carbons (Fsp3) is 0.103. The molecule has 0 aliphatic heterocycles.